The maximum atomic E-state index is 12.8. The van der Waals surface area contributed by atoms with Gasteiger partial charge in [0.2, 0.25) is 5.91 Å². The van der Waals surface area contributed by atoms with Gasteiger partial charge in [0.1, 0.15) is 6.54 Å². The maximum absolute atomic E-state index is 12.8. The number of fused-ring (bicyclic) bond motifs is 2. The van der Waals surface area contributed by atoms with E-state index in [9.17, 15) is 9.59 Å². The van der Waals surface area contributed by atoms with Crippen molar-refractivity contribution in [3.8, 4) is 0 Å². The molecule has 1 aromatic heterocycles. The van der Waals surface area contributed by atoms with Crippen molar-refractivity contribution in [1.29, 1.82) is 0 Å². The molecule has 24 heavy (non-hydrogen) atoms. The number of benzene rings is 1. The quantitative estimate of drug-likeness (QED) is 0.850. The first-order valence-electron chi connectivity index (χ1n) is 8.73. The third-order valence-electron chi connectivity index (χ3n) is 5.24. The molecule has 2 aromatic rings. The minimum atomic E-state index is -0.102. The SMILES string of the molecule is O=C(Cn1ccc2ccccc2c1=O)N1CCO[C@H]2CCCC[C@@H]21. The molecule has 1 saturated carbocycles. The molecule has 5 nitrogen and oxygen atoms in total. The summed E-state index contributed by atoms with van der Waals surface area (Å²) >= 11 is 0. The average Bonchev–Trinajstić information content (AvgIpc) is 2.63. The molecule has 4 rings (SSSR count). The van der Waals surface area contributed by atoms with Crippen molar-refractivity contribution in [2.75, 3.05) is 13.2 Å². The normalized spacial score (nSPS) is 23.9. The molecule has 1 aliphatic carbocycles. The molecule has 1 saturated heterocycles. The van der Waals surface area contributed by atoms with Crippen molar-refractivity contribution in [3.05, 3.63) is 46.9 Å². The lowest BCUT2D eigenvalue weighted by Crippen LogP contribution is -2.55. The highest BCUT2D eigenvalue weighted by molar-refractivity contribution is 5.82. The minimum absolute atomic E-state index is 0.0209. The number of amides is 1. The molecular formula is C19H22N2O3. The molecule has 126 valence electrons. The number of carbonyl (C=O) groups is 1. The zero-order valence-electron chi connectivity index (χ0n) is 13.7. The fourth-order valence-corrected chi connectivity index (χ4v) is 4.00. The molecule has 1 aliphatic heterocycles. The van der Waals surface area contributed by atoms with Crippen molar-refractivity contribution in [3.63, 3.8) is 0 Å². The van der Waals surface area contributed by atoms with Gasteiger partial charge >= 0.3 is 0 Å². The lowest BCUT2D eigenvalue weighted by Gasteiger charge is -2.43. The molecule has 0 bridgehead atoms. The van der Waals surface area contributed by atoms with Crippen LogP contribution in [0, 0.1) is 0 Å². The van der Waals surface area contributed by atoms with Gasteiger partial charge in [-0.2, -0.15) is 0 Å². The molecule has 0 N–H and O–H groups in total. The minimum Gasteiger partial charge on any atom is -0.374 e. The van der Waals surface area contributed by atoms with Gasteiger partial charge < -0.3 is 14.2 Å². The Balaban J connectivity index is 1.57. The van der Waals surface area contributed by atoms with Crippen LogP contribution in [0.1, 0.15) is 25.7 Å². The summed E-state index contributed by atoms with van der Waals surface area (Å²) in [5.41, 5.74) is -0.102. The summed E-state index contributed by atoms with van der Waals surface area (Å²) in [7, 11) is 0. The summed E-state index contributed by atoms with van der Waals surface area (Å²) in [6.45, 7) is 1.33. The largest absolute Gasteiger partial charge is 0.374 e. The van der Waals surface area contributed by atoms with E-state index in [0.717, 1.165) is 24.6 Å². The second kappa shape index (κ2) is 6.40. The second-order valence-electron chi connectivity index (χ2n) is 6.68. The molecule has 5 heteroatoms. The molecule has 2 aliphatic rings. The standard InChI is InChI=1S/C19H22N2O3/c22-18(21-11-12-24-17-8-4-3-7-16(17)21)13-20-10-9-14-5-1-2-6-15(14)19(20)23/h1-2,5-6,9-10,16-17H,3-4,7-8,11-13H2/t16-,17-/m0/s1. The van der Waals surface area contributed by atoms with Crippen LogP contribution >= 0.6 is 0 Å². The Kier molecular flexibility index (Phi) is 4.10. The van der Waals surface area contributed by atoms with E-state index in [2.05, 4.69) is 0 Å². The second-order valence-corrected chi connectivity index (χ2v) is 6.68. The Morgan fingerprint density at radius 2 is 2.00 bits per heavy atom. The number of carbonyl (C=O) groups excluding carboxylic acids is 1. The van der Waals surface area contributed by atoms with Gasteiger partial charge in [-0.25, -0.2) is 0 Å². The first-order valence-corrected chi connectivity index (χ1v) is 8.73. The zero-order chi connectivity index (χ0) is 16.5. The van der Waals surface area contributed by atoms with Gasteiger partial charge in [-0.15, -0.1) is 0 Å². The fraction of sp³-hybridized carbons (Fsp3) is 0.474. The molecule has 0 unspecified atom stereocenters. The summed E-state index contributed by atoms with van der Waals surface area (Å²) in [6, 6.07) is 9.56. The van der Waals surface area contributed by atoms with E-state index >= 15 is 0 Å². The topological polar surface area (TPSA) is 51.5 Å². The van der Waals surface area contributed by atoms with Crippen LogP contribution in [0.4, 0.5) is 0 Å². The number of rotatable bonds is 2. The third-order valence-corrected chi connectivity index (χ3v) is 5.24. The van der Waals surface area contributed by atoms with E-state index in [4.69, 9.17) is 4.74 Å². The number of ether oxygens (including phenoxy) is 1. The van der Waals surface area contributed by atoms with Crippen LogP contribution in [-0.4, -0.2) is 40.7 Å². The van der Waals surface area contributed by atoms with Crippen molar-refractivity contribution >= 4 is 16.7 Å². The third kappa shape index (κ3) is 2.73. The van der Waals surface area contributed by atoms with Crippen LogP contribution in [-0.2, 0) is 16.1 Å². The number of aromatic nitrogens is 1. The van der Waals surface area contributed by atoms with Crippen molar-refractivity contribution in [1.82, 2.24) is 9.47 Å². The predicted octanol–water partition coefficient (Wildman–Crippen LogP) is 2.17. The zero-order valence-corrected chi connectivity index (χ0v) is 13.7. The van der Waals surface area contributed by atoms with Gasteiger partial charge in [0.15, 0.2) is 0 Å². The van der Waals surface area contributed by atoms with Crippen LogP contribution in [0.25, 0.3) is 10.8 Å². The van der Waals surface area contributed by atoms with E-state index in [1.54, 1.807) is 6.20 Å². The van der Waals surface area contributed by atoms with Gasteiger partial charge in [-0.1, -0.05) is 31.0 Å². The number of hydrogen-bond acceptors (Lipinski definition) is 3. The predicted molar refractivity (Wildman–Crippen MR) is 91.9 cm³/mol. The Labute approximate surface area is 140 Å². The molecule has 2 fully saturated rings. The summed E-state index contributed by atoms with van der Waals surface area (Å²) in [5, 5.41) is 1.57. The first-order chi connectivity index (χ1) is 11.7. The summed E-state index contributed by atoms with van der Waals surface area (Å²) in [4.78, 5) is 27.4. The first kappa shape index (κ1) is 15.4. The van der Waals surface area contributed by atoms with E-state index in [-0.39, 0.29) is 30.2 Å². The van der Waals surface area contributed by atoms with Crippen LogP contribution in [0.3, 0.4) is 0 Å². The highest BCUT2D eigenvalue weighted by Gasteiger charge is 2.36. The summed E-state index contributed by atoms with van der Waals surface area (Å²) in [5.74, 6) is 0.0209. The molecular weight excluding hydrogens is 304 g/mol. The van der Waals surface area contributed by atoms with Gasteiger partial charge in [-0.3, -0.25) is 9.59 Å². The molecule has 2 atom stereocenters. The average molecular weight is 326 g/mol. The summed E-state index contributed by atoms with van der Waals surface area (Å²) in [6.07, 6.45) is 6.25. The maximum Gasteiger partial charge on any atom is 0.258 e. The molecule has 1 aromatic carbocycles. The highest BCUT2D eigenvalue weighted by atomic mass is 16.5. The molecule has 0 radical (unpaired) electrons. The molecule has 0 spiro atoms. The van der Waals surface area contributed by atoms with Crippen LogP contribution in [0.15, 0.2) is 41.3 Å². The molecule has 2 heterocycles. The number of hydrogen-bond donors (Lipinski definition) is 0. The fourth-order valence-electron chi connectivity index (χ4n) is 4.00. The number of pyridine rings is 1. The van der Waals surface area contributed by atoms with E-state index in [1.165, 1.54) is 11.0 Å². The van der Waals surface area contributed by atoms with Gasteiger partial charge in [0.05, 0.1) is 18.8 Å². The van der Waals surface area contributed by atoms with Crippen LogP contribution in [0.5, 0.6) is 0 Å². The lowest BCUT2D eigenvalue weighted by molar-refractivity contribution is -0.150. The van der Waals surface area contributed by atoms with E-state index in [0.29, 0.717) is 18.5 Å². The smallest absolute Gasteiger partial charge is 0.258 e. The van der Waals surface area contributed by atoms with Gasteiger partial charge in [0.25, 0.3) is 5.56 Å². The van der Waals surface area contributed by atoms with Crippen LogP contribution in [0.2, 0.25) is 0 Å². The van der Waals surface area contributed by atoms with Crippen molar-refractivity contribution in [2.24, 2.45) is 0 Å². The monoisotopic (exact) mass is 326 g/mol. The molecule has 1 amide bonds. The summed E-state index contributed by atoms with van der Waals surface area (Å²) < 4.78 is 7.36. The van der Waals surface area contributed by atoms with Crippen molar-refractivity contribution in [2.45, 2.75) is 44.4 Å². The Morgan fingerprint density at radius 3 is 2.92 bits per heavy atom. The van der Waals surface area contributed by atoms with Gasteiger partial charge in [-0.05, 0) is 30.4 Å². The lowest BCUT2D eigenvalue weighted by atomic mass is 9.90. The Morgan fingerprint density at radius 1 is 1.17 bits per heavy atom. The van der Waals surface area contributed by atoms with E-state index in [1.807, 2.05) is 35.2 Å². The van der Waals surface area contributed by atoms with E-state index < -0.39 is 0 Å². The van der Waals surface area contributed by atoms with Crippen LogP contribution < -0.4 is 5.56 Å². The number of morpholine rings is 1. The Bertz CT molecular complexity index is 812. The number of nitrogens with zero attached hydrogens (tertiary/aromatic N) is 2. The highest BCUT2D eigenvalue weighted by Crippen LogP contribution is 2.28. The Hall–Kier alpha value is -2.14. The van der Waals surface area contributed by atoms with Gasteiger partial charge in [0, 0.05) is 18.1 Å². The van der Waals surface area contributed by atoms with Crippen molar-refractivity contribution < 1.29 is 9.53 Å².